The molecule has 4 nitrogen and oxygen atoms in total. The van der Waals surface area contributed by atoms with Gasteiger partial charge in [-0.2, -0.15) is 0 Å². The van der Waals surface area contributed by atoms with Crippen LogP contribution in [0.3, 0.4) is 0 Å². The molecule has 0 aromatic carbocycles. The molecule has 0 bridgehead atoms. The van der Waals surface area contributed by atoms with Crippen LogP contribution in [0.15, 0.2) is 37.4 Å². The molecule has 0 saturated carbocycles. The van der Waals surface area contributed by atoms with E-state index < -0.39 is 0 Å². The summed E-state index contributed by atoms with van der Waals surface area (Å²) >= 11 is 0. The molecule has 0 spiro atoms. The van der Waals surface area contributed by atoms with Gasteiger partial charge in [0.25, 0.3) is 0 Å². The van der Waals surface area contributed by atoms with E-state index in [-0.39, 0.29) is 0 Å². The summed E-state index contributed by atoms with van der Waals surface area (Å²) in [6.45, 7) is 3.13. The molecule has 2 rings (SSSR count). The van der Waals surface area contributed by atoms with Crippen molar-refractivity contribution in [3.63, 3.8) is 0 Å². The van der Waals surface area contributed by atoms with Gasteiger partial charge in [-0.25, -0.2) is 9.97 Å². The van der Waals surface area contributed by atoms with E-state index in [0.717, 1.165) is 13.0 Å². The van der Waals surface area contributed by atoms with E-state index in [1.54, 1.807) is 6.20 Å². The smallest absolute Gasteiger partial charge is 0.0949 e. The van der Waals surface area contributed by atoms with Crippen molar-refractivity contribution in [2.24, 2.45) is 0 Å². The average Bonchev–Trinajstić information content (AvgIpc) is 2.86. The Morgan fingerprint density at radius 3 is 2.50 bits per heavy atom. The molecule has 0 fully saturated rings. The second kappa shape index (κ2) is 4.09. The first kappa shape index (κ1) is 8.99. The summed E-state index contributed by atoms with van der Waals surface area (Å²) in [5.41, 5.74) is 0. The Labute approximate surface area is 83.2 Å². The fourth-order valence-corrected chi connectivity index (χ4v) is 1.56. The maximum absolute atomic E-state index is 4.06. The van der Waals surface area contributed by atoms with E-state index in [9.17, 15) is 0 Å². The molecule has 0 saturated heterocycles. The lowest BCUT2D eigenvalue weighted by Gasteiger charge is -2.16. The van der Waals surface area contributed by atoms with Gasteiger partial charge >= 0.3 is 0 Å². The van der Waals surface area contributed by atoms with Crippen LogP contribution in [0.25, 0.3) is 0 Å². The molecule has 1 unspecified atom stereocenters. The Morgan fingerprint density at radius 1 is 1.14 bits per heavy atom. The molecule has 0 aliphatic carbocycles. The van der Waals surface area contributed by atoms with Crippen LogP contribution in [-0.2, 0) is 6.54 Å². The predicted octanol–water partition coefficient (Wildman–Crippen LogP) is 1.73. The number of hydrogen-bond donors (Lipinski definition) is 0. The van der Waals surface area contributed by atoms with Crippen LogP contribution < -0.4 is 0 Å². The fourth-order valence-electron chi connectivity index (χ4n) is 1.56. The molecule has 0 N–H and O–H groups in total. The van der Waals surface area contributed by atoms with Crippen LogP contribution in [0.4, 0.5) is 0 Å². The van der Waals surface area contributed by atoms with Crippen LogP contribution in [-0.4, -0.2) is 19.1 Å². The number of rotatable bonds is 4. The Morgan fingerprint density at radius 2 is 1.93 bits per heavy atom. The molecule has 2 aromatic heterocycles. The molecule has 0 radical (unpaired) electrons. The molecular weight excluding hydrogens is 176 g/mol. The Bertz CT molecular complexity index is 349. The summed E-state index contributed by atoms with van der Waals surface area (Å²) in [4.78, 5) is 8.09. The largest absolute Gasteiger partial charge is 0.335 e. The van der Waals surface area contributed by atoms with Crippen LogP contribution in [0, 0.1) is 0 Å². The molecule has 0 aliphatic heterocycles. The summed E-state index contributed by atoms with van der Waals surface area (Å²) < 4.78 is 4.23. The van der Waals surface area contributed by atoms with Crippen LogP contribution in [0.1, 0.15) is 19.4 Å². The molecule has 4 heteroatoms. The zero-order valence-corrected chi connectivity index (χ0v) is 8.24. The van der Waals surface area contributed by atoms with E-state index >= 15 is 0 Å². The quantitative estimate of drug-likeness (QED) is 0.736. The minimum absolute atomic E-state index is 0.465. The van der Waals surface area contributed by atoms with Gasteiger partial charge in [0.15, 0.2) is 0 Å². The average molecular weight is 190 g/mol. The molecule has 2 aromatic rings. The molecular formula is C10H14N4. The van der Waals surface area contributed by atoms with Crippen LogP contribution >= 0.6 is 0 Å². The monoisotopic (exact) mass is 190 g/mol. The van der Waals surface area contributed by atoms with Crippen molar-refractivity contribution >= 4 is 0 Å². The molecule has 14 heavy (non-hydrogen) atoms. The zero-order chi connectivity index (χ0) is 9.80. The van der Waals surface area contributed by atoms with Gasteiger partial charge in [0.1, 0.15) is 0 Å². The van der Waals surface area contributed by atoms with Gasteiger partial charge in [-0.1, -0.05) is 6.92 Å². The summed E-state index contributed by atoms with van der Waals surface area (Å²) in [6.07, 6.45) is 12.4. The Kier molecular flexibility index (Phi) is 2.62. The third-order valence-corrected chi connectivity index (χ3v) is 2.40. The van der Waals surface area contributed by atoms with Gasteiger partial charge in [0, 0.05) is 31.3 Å². The zero-order valence-electron chi connectivity index (χ0n) is 8.24. The summed E-state index contributed by atoms with van der Waals surface area (Å²) in [6, 6.07) is 0.465. The second-order valence-corrected chi connectivity index (χ2v) is 3.33. The maximum atomic E-state index is 4.06. The highest BCUT2D eigenvalue weighted by Gasteiger charge is 2.07. The van der Waals surface area contributed by atoms with Crippen molar-refractivity contribution in [1.82, 2.24) is 19.1 Å². The summed E-state index contributed by atoms with van der Waals surface area (Å²) in [7, 11) is 0. The highest BCUT2D eigenvalue weighted by molar-refractivity contribution is 4.82. The SMILES string of the molecule is CCC(Cn1ccnc1)n1ccnc1. The first-order valence-electron chi connectivity index (χ1n) is 4.83. The van der Waals surface area contributed by atoms with Gasteiger partial charge < -0.3 is 9.13 Å². The van der Waals surface area contributed by atoms with Crippen molar-refractivity contribution in [3.05, 3.63) is 37.4 Å². The van der Waals surface area contributed by atoms with Crippen molar-refractivity contribution in [1.29, 1.82) is 0 Å². The third kappa shape index (κ3) is 1.84. The van der Waals surface area contributed by atoms with Crippen molar-refractivity contribution in [3.8, 4) is 0 Å². The van der Waals surface area contributed by atoms with Crippen LogP contribution in [0.2, 0.25) is 0 Å². The summed E-state index contributed by atoms with van der Waals surface area (Å²) in [5.74, 6) is 0. The van der Waals surface area contributed by atoms with Gasteiger partial charge in [0.2, 0.25) is 0 Å². The lowest BCUT2D eigenvalue weighted by Crippen LogP contribution is -2.12. The van der Waals surface area contributed by atoms with Crippen molar-refractivity contribution in [2.45, 2.75) is 25.9 Å². The minimum atomic E-state index is 0.465. The fraction of sp³-hybridized carbons (Fsp3) is 0.400. The van der Waals surface area contributed by atoms with Gasteiger partial charge in [-0.05, 0) is 6.42 Å². The highest BCUT2D eigenvalue weighted by Crippen LogP contribution is 2.12. The molecule has 1 atom stereocenters. The van der Waals surface area contributed by atoms with E-state index in [2.05, 4.69) is 26.0 Å². The lowest BCUT2D eigenvalue weighted by molar-refractivity contribution is 0.417. The molecule has 74 valence electrons. The van der Waals surface area contributed by atoms with Gasteiger partial charge in [-0.15, -0.1) is 0 Å². The molecule has 0 amide bonds. The van der Waals surface area contributed by atoms with Gasteiger partial charge in [0.05, 0.1) is 18.7 Å². The predicted molar refractivity (Wildman–Crippen MR) is 53.8 cm³/mol. The van der Waals surface area contributed by atoms with Crippen molar-refractivity contribution < 1.29 is 0 Å². The van der Waals surface area contributed by atoms with Crippen molar-refractivity contribution in [2.75, 3.05) is 0 Å². The normalized spacial score (nSPS) is 12.9. The Balaban J connectivity index is 2.08. The first-order chi connectivity index (χ1) is 6.90. The topological polar surface area (TPSA) is 35.6 Å². The first-order valence-corrected chi connectivity index (χ1v) is 4.83. The van der Waals surface area contributed by atoms with E-state index in [0.29, 0.717) is 6.04 Å². The van der Waals surface area contributed by atoms with E-state index in [4.69, 9.17) is 0 Å². The number of nitrogens with zero attached hydrogens (tertiary/aromatic N) is 4. The minimum Gasteiger partial charge on any atom is -0.335 e. The van der Waals surface area contributed by atoms with E-state index in [1.165, 1.54) is 0 Å². The second-order valence-electron chi connectivity index (χ2n) is 3.33. The van der Waals surface area contributed by atoms with Crippen LogP contribution in [0.5, 0.6) is 0 Å². The van der Waals surface area contributed by atoms with E-state index in [1.807, 2.05) is 31.2 Å². The molecule has 2 heterocycles. The molecule has 0 aliphatic rings. The Hall–Kier alpha value is -1.58. The number of imidazole rings is 2. The van der Waals surface area contributed by atoms with Gasteiger partial charge in [-0.3, -0.25) is 0 Å². The maximum Gasteiger partial charge on any atom is 0.0949 e. The summed E-state index contributed by atoms with van der Waals surface area (Å²) in [5, 5.41) is 0. The third-order valence-electron chi connectivity index (χ3n) is 2.40. The number of hydrogen-bond acceptors (Lipinski definition) is 2. The highest BCUT2D eigenvalue weighted by atomic mass is 15.1. The standard InChI is InChI=1S/C10H14N4/c1-2-10(14-6-4-12-9-14)7-13-5-3-11-8-13/h3-6,8-10H,2,7H2,1H3. The lowest BCUT2D eigenvalue weighted by atomic mass is 10.2. The number of aromatic nitrogens is 4.